The molecule has 0 spiro atoms. The molecular weight excluding hydrogens is 158 g/mol. The van der Waals surface area contributed by atoms with Gasteiger partial charge in [0.05, 0.1) is 10.4 Å². The summed E-state index contributed by atoms with van der Waals surface area (Å²) in [6.07, 6.45) is 0. The van der Waals surface area contributed by atoms with Crippen LogP contribution in [0, 0.1) is 6.92 Å². The Morgan fingerprint density at radius 2 is 2.27 bits per heavy atom. The quantitative estimate of drug-likeness (QED) is 0.649. The molecule has 0 saturated carbocycles. The third kappa shape index (κ3) is 0.973. The molecule has 1 aromatic carbocycles. The molecule has 2 rings (SSSR count). The molecule has 0 unspecified atom stereocenters. The number of benzene rings is 1. The Balaban J connectivity index is 2.87. The van der Waals surface area contributed by atoms with Crippen molar-refractivity contribution in [3.05, 3.63) is 23.9 Å². The molecule has 11 heavy (non-hydrogen) atoms. The normalized spacial score (nSPS) is 10.6. The fraction of sp³-hybridized carbons (Fsp3) is 0.125. The molecule has 2 nitrogen and oxygen atoms in total. The number of hydrogen-bond acceptors (Lipinski definition) is 3. The highest BCUT2D eigenvalue weighted by atomic mass is 32.1. The minimum absolute atomic E-state index is 0.306. The lowest BCUT2D eigenvalue weighted by atomic mass is 10.2. The fourth-order valence-corrected chi connectivity index (χ4v) is 1.81. The second-order valence-corrected chi connectivity index (χ2v) is 3.25. The van der Waals surface area contributed by atoms with Gasteiger partial charge in [0.25, 0.3) is 0 Å². The molecule has 1 aromatic heterocycles. The van der Waals surface area contributed by atoms with Crippen LogP contribution in [0.3, 0.4) is 0 Å². The van der Waals surface area contributed by atoms with Crippen LogP contribution in [0.1, 0.15) is 5.69 Å². The van der Waals surface area contributed by atoms with Crippen molar-refractivity contribution in [3.63, 3.8) is 0 Å². The minimum Gasteiger partial charge on any atom is -0.508 e. The highest BCUT2D eigenvalue weighted by Gasteiger charge is 2.00. The van der Waals surface area contributed by atoms with Crippen molar-refractivity contribution in [2.75, 3.05) is 0 Å². The number of aryl methyl sites for hydroxylation is 1. The zero-order chi connectivity index (χ0) is 7.84. The predicted octanol–water partition coefficient (Wildman–Crippen LogP) is 2.31. The molecule has 0 aliphatic carbocycles. The number of aromatic hydroxyl groups is 1. The largest absolute Gasteiger partial charge is 0.508 e. The number of phenolic OH excluding ortho intramolecular Hbond substituents is 1. The van der Waals surface area contributed by atoms with Crippen LogP contribution in [0.2, 0.25) is 0 Å². The molecule has 3 heteroatoms. The maximum Gasteiger partial charge on any atom is 0.116 e. The monoisotopic (exact) mass is 165 g/mol. The van der Waals surface area contributed by atoms with Gasteiger partial charge < -0.3 is 5.11 Å². The van der Waals surface area contributed by atoms with Crippen molar-refractivity contribution in [2.45, 2.75) is 6.92 Å². The van der Waals surface area contributed by atoms with E-state index in [0.717, 1.165) is 15.8 Å². The first kappa shape index (κ1) is 6.61. The Kier molecular flexibility index (Phi) is 1.32. The van der Waals surface area contributed by atoms with E-state index in [-0.39, 0.29) is 0 Å². The van der Waals surface area contributed by atoms with Gasteiger partial charge in [-0.3, -0.25) is 0 Å². The summed E-state index contributed by atoms with van der Waals surface area (Å²) in [6, 6.07) is 5.31. The predicted molar refractivity (Wildman–Crippen MR) is 46.0 cm³/mol. The van der Waals surface area contributed by atoms with Crippen LogP contribution in [0.4, 0.5) is 0 Å². The Bertz CT molecular complexity index is 394. The summed E-state index contributed by atoms with van der Waals surface area (Å²) >= 11 is 1.46. The molecule has 0 bridgehead atoms. The number of rotatable bonds is 0. The maximum atomic E-state index is 9.15. The summed E-state index contributed by atoms with van der Waals surface area (Å²) in [7, 11) is 0. The van der Waals surface area contributed by atoms with E-state index in [1.807, 2.05) is 13.0 Å². The zero-order valence-corrected chi connectivity index (χ0v) is 6.85. The van der Waals surface area contributed by atoms with E-state index in [1.165, 1.54) is 11.5 Å². The van der Waals surface area contributed by atoms with Gasteiger partial charge in [-0.05, 0) is 36.7 Å². The van der Waals surface area contributed by atoms with E-state index < -0.39 is 0 Å². The highest BCUT2D eigenvalue weighted by molar-refractivity contribution is 7.13. The van der Waals surface area contributed by atoms with Crippen molar-refractivity contribution < 1.29 is 5.11 Å². The molecule has 0 amide bonds. The maximum absolute atomic E-state index is 9.15. The first-order valence-corrected chi connectivity index (χ1v) is 4.10. The SMILES string of the molecule is Cc1nsc2ccc(O)cc12. The van der Waals surface area contributed by atoms with Crippen LogP contribution >= 0.6 is 11.5 Å². The molecule has 0 radical (unpaired) electrons. The van der Waals surface area contributed by atoms with E-state index >= 15 is 0 Å². The van der Waals surface area contributed by atoms with Crippen molar-refractivity contribution in [2.24, 2.45) is 0 Å². The van der Waals surface area contributed by atoms with Crippen LogP contribution in [-0.2, 0) is 0 Å². The Hall–Kier alpha value is -1.09. The summed E-state index contributed by atoms with van der Waals surface area (Å²) in [4.78, 5) is 0. The van der Waals surface area contributed by atoms with Crippen molar-refractivity contribution in [1.82, 2.24) is 4.37 Å². The summed E-state index contributed by atoms with van der Waals surface area (Å²) in [5.74, 6) is 0.306. The van der Waals surface area contributed by atoms with E-state index in [4.69, 9.17) is 5.11 Å². The van der Waals surface area contributed by atoms with Crippen molar-refractivity contribution in [3.8, 4) is 5.75 Å². The average molecular weight is 165 g/mol. The standard InChI is InChI=1S/C8H7NOS/c1-5-7-4-6(10)2-3-8(7)11-9-5/h2-4,10H,1H3. The van der Waals surface area contributed by atoms with Gasteiger partial charge in [-0.15, -0.1) is 0 Å². The Morgan fingerprint density at radius 3 is 3.09 bits per heavy atom. The third-order valence-electron chi connectivity index (χ3n) is 1.63. The van der Waals surface area contributed by atoms with Crippen LogP contribution in [0.5, 0.6) is 5.75 Å². The summed E-state index contributed by atoms with van der Waals surface area (Å²) in [5, 5.41) is 10.2. The van der Waals surface area contributed by atoms with Crippen LogP contribution in [0.25, 0.3) is 10.1 Å². The van der Waals surface area contributed by atoms with Crippen LogP contribution in [-0.4, -0.2) is 9.48 Å². The van der Waals surface area contributed by atoms with E-state index in [2.05, 4.69) is 4.37 Å². The lowest BCUT2D eigenvalue weighted by Gasteiger charge is -1.90. The molecular formula is C8H7NOS. The van der Waals surface area contributed by atoms with Crippen LogP contribution < -0.4 is 0 Å². The fourth-order valence-electron chi connectivity index (χ4n) is 1.05. The van der Waals surface area contributed by atoms with Gasteiger partial charge in [0.1, 0.15) is 5.75 Å². The minimum atomic E-state index is 0.306. The first-order chi connectivity index (χ1) is 5.27. The molecule has 0 aliphatic rings. The van der Waals surface area contributed by atoms with E-state index in [9.17, 15) is 0 Å². The van der Waals surface area contributed by atoms with Crippen LogP contribution in [0.15, 0.2) is 18.2 Å². The van der Waals surface area contributed by atoms with Gasteiger partial charge in [-0.1, -0.05) is 0 Å². The Morgan fingerprint density at radius 1 is 1.45 bits per heavy atom. The molecule has 1 N–H and O–H groups in total. The topological polar surface area (TPSA) is 33.1 Å². The lowest BCUT2D eigenvalue weighted by molar-refractivity contribution is 0.476. The average Bonchev–Trinajstić information content (AvgIpc) is 2.33. The summed E-state index contributed by atoms with van der Waals surface area (Å²) in [5.41, 5.74) is 0.987. The van der Waals surface area contributed by atoms with Gasteiger partial charge in [-0.25, -0.2) is 0 Å². The molecule has 56 valence electrons. The third-order valence-corrected chi connectivity index (χ3v) is 2.55. The smallest absolute Gasteiger partial charge is 0.116 e. The first-order valence-electron chi connectivity index (χ1n) is 3.32. The highest BCUT2D eigenvalue weighted by Crippen LogP contribution is 2.25. The molecule has 0 atom stereocenters. The number of nitrogens with zero attached hydrogens (tertiary/aromatic N) is 1. The van der Waals surface area contributed by atoms with Gasteiger partial charge in [-0.2, -0.15) is 4.37 Å². The Labute approximate surface area is 68.3 Å². The van der Waals surface area contributed by atoms with Gasteiger partial charge in [0, 0.05) is 5.39 Å². The van der Waals surface area contributed by atoms with Crippen molar-refractivity contribution in [1.29, 1.82) is 0 Å². The number of hydrogen-bond donors (Lipinski definition) is 1. The lowest BCUT2D eigenvalue weighted by Crippen LogP contribution is -1.69. The van der Waals surface area contributed by atoms with E-state index in [0.29, 0.717) is 5.75 Å². The number of fused-ring (bicyclic) bond motifs is 1. The summed E-state index contributed by atoms with van der Waals surface area (Å²) in [6.45, 7) is 1.94. The molecule has 0 fully saturated rings. The summed E-state index contributed by atoms with van der Waals surface area (Å²) < 4.78 is 5.29. The molecule has 1 heterocycles. The van der Waals surface area contributed by atoms with E-state index in [1.54, 1.807) is 12.1 Å². The van der Waals surface area contributed by atoms with Gasteiger partial charge in [0.2, 0.25) is 0 Å². The van der Waals surface area contributed by atoms with Crippen molar-refractivity contribution >= 4 is 21.6 Å². The van der Waals surface area contributed by atoms with Gasteiger partial charge in [0.15, 0.2) is 0 Å². The number of phenols is 1. The molecule has 2 aromatic rings. The van der Waals surface area contributed by atoms with Gasteiger partial charge >= 0.3 is 0 Å². The second kappa shape index (κ2) is 2.20. The molecule has 0 aliphatic heterocycles. The molecule has 0 saturated heterocycles. The number of aromatic nitrogens is 1. The zero-order valence-electron chi connectivity index (χ0n) is 6.03. The second-order valence-electron chi connectivity index (χ2n) is 2.45.